The molecule has 0 bridgehead atoms. The van der Waals surface area contributed by atoms with Crippen molar-refractivity contribution in [2.45, 2.75) is 71.8 Å². The van der Waals surface area contributed by atoms with Crippen LogP contribution >= 0.6 is 0 Å². The normalized spacial score (nSPS) is 16.8. The molecule has 1 fully saturated rings. The number of hydrogen-bond donors (Lipinski definition) is 2. The van der Waals surface area contributed by atoms with Gasteiger partial charge in [-0.3, -0.25) is 23.5 Å². The van der Waals surface area contributed by atoms with Crippen molar-refractivity contribution in [3.05, 3.63) is 50.7 Å². The van der Waals surface area contributed by atoms with Gasteiger partial charge in [-0.15, -0.1) is 5.92 Å². The number of piperidine rings is 1. The molecule has 3 aromatic rings. The summed E-state index contributed by atoms with van der Waals surface area (Å²) in [5.74, 6) is 7.01. The van der Waals surface area contributed by atoms with Crippen LogP contribution in [0.2, 0.25) is 0 Å². The maximum atomic E-state index is 13.9. The number of nitrogens with one attached hydrogen (secondary N) is 2. The molecule has 0 aliphatic carbocycles. The summed E-state index contributed by atoms with van der Waals surface area (Å²) in [7, 11) is 1.61. The molecular weight excluding hydrogens is 524 g/mol. The first-order valence-corrected chi connectivity index (χ1v) is 13.8. The lowest BCUT2D eigenvalue weighted by Crippen LogP contribution is -2.49. The minimum absolute atomic E-state index is 0.00134. The van der Waals surface area contributed by atoms with Crippen LogP contribution in [0.25, 0.3) is 11.2 Å². The lowest BCUT2D eigenvalue weighted by molar-refractivity contribution is 0.0499. The molecule has 1 atom stereocenters. The Balaban J connectivity index is 1.50. The average Bonchev–Trinajstić information content (AvgIpc) is 3.32. The smallest absolute Gasteiger partial charge is 0.407 e. The van der Waals surface area contributed by atoms with Gasteiger partial charge in [0.05, 0.1) is 19.6 Å². The summed E-state index contributed by atoms with van der Waals surface area (Å²) >= 11 is 0. The summed E-state index contributed by atoms with van der Waals surface area (Å²) < 4.78 is 9.79. The van der Waals surface area contributed by atoms with Gasteiger partial charge in [0.2, 0.25) is 5.95 Å². The van der Waals surface area contributed by atoms with Gasteiger partial charge < -0.3 is 20.3 Å². The molecule has 1 saturated heterocycles. The fourth-order valence-corrected chi connectivity index (χ4v) is 5.19. The Morgan fingerprint density at radius 1 is 1.22 bits per heavy atom. The Kier molecular flexibility index (Phi) is 7.62. The molecule has 2 aromatic heterocycles. The lowest BCUT2D eigenvalue weighted by Gasteiger charge is -2.34. The van der Waals surface area contributed by atoms with Gasteiger partial charge in [0, 0.05) is 31.9 Å². The first-order chi connectivity index (χ1) is 19.6. The molecule has 12 nitrogen and oxygen atoms in total. The standard InChI is InChI=1S/C29H36N8O4/c1-6-7-15-36-23-24(33-26(36)35-14-10-12-20(17-35)31-27(39)41-29(2,3)4)34(5)28(40)37(25(23)38)18-22-30-16-19-11-8-9-13-21(19)32-22/h8-9,11,13,20H,10,12,14-18H2,1-5H3,(H,30,32)(H,31,39). The molecule has 216 valence electrons. The largest absolute Gasteiger partial charge is 0.444 e. The molecule has 0 radical (unpaired) electrons. The highest BCUT2D eigenvalue weighted by Gasteiger charge is 2.29. The number of para-hydroxylation sites is 1. The number of fused-ring (bicyclic) bond motifs is 2. The van der Waals surface area contributed by atoms with E-state index in [4.69, 9.17) is 9.72 Å². The van der Waals surface area contributed by atoms with Crippen molar-refractivity contribution in [2.75, 3.05) is 23.3 Å². The van der Waals surface area contributed by atoms with Crippen LogP contribution in [0.5, 0.6) is 0 Å². The first kappa shape index (κ1) is 28.0. The number of carbonyl (C=O) groups excluding carboxylic acids is 1. The van der Waals surface area contributed by atoms with E-state index in [0.29, 0.717) is 36.9 Å². The number of amides is 1. The highest BCUT2D eigenvalue weighted by molar-refractivity contribution is 5.97. The average molecular weight is 561 g/mol. The summed E-state index contributed by atoms with van der Waals surface area (Å²) in [6, 6.07) is 7.65. The zero-order valence-corrected chi connectivity index (χ0v) is 24.2. The number of carbonyl (C=O) groups is 1. The predicted octanol–water partition coefficient (Wildman–Crippen LogP) is 2.44. The second-order valence-corrected chi connectivity index (χ2v) is 11.3. The molecule has 0 spiro atoms. The molecule has 1 unspecified atom stereocenters. The predicted molar refractivity (Wildman–Crippen MR) is 158 cm³/mol. The lowest BCUT2D eigenvalue weighted by atomic mass is 10.1. The first-order valence-electron chi connectivity index (χ1n) is 13.8. The fraction of sp³-hybridized carbons (Fsp3) is 0.483. The Hall–Kier alpha value is -4.53. The van der Waals surface area contributed by atoms with Crippen LogP contribution in [0.4, 0.5) is 16.4 Å². The minimum Gasteiger partial charge on any atom is -0.444 e. The topological polar surface area (TPSA) is 128 Å². The van der Waals surface area contributed by atoms with Crippen molar-refractivity contribution in [3.63, 3.8) is 0 Å². The number of rotatable bonds is 5. The third-order valence-corrected chi connectivity index (χ3v) is 7.10. The van der Waals surface area contributed by atoms with E-state index in [1.807, 2.05) is 49.9 Å². The van der Waals surface area contributed by atoms with Gasteiger partial charge in [-0.25, -0.2) is 9.59 Å². The maximum Gasteiger partial charge on any atom is 0.407 e. The van der Waals surface area contributed by atoms with Crippen LogP contribution in [0.1, 0.15) is 46.1 Å². The molecule has 1 aromatic carbocycles. The van der Waals surface area contributed by atoms with Crippen molar-refractivity contribution in [3.8, 4) is 11.8 Å². The second-order valence-electron chi connectivity index (χ2n) is 11.3. The summed E-state index contributed by atoms with van der Waals surface area (Å²) in [4.78, 5) is 51.1. The number of hydrogen-bond acceptors (Lipinski definition) is 8. The summed E-state index contributed by atoms with van der Waals surface area (Å²) in [6.45, 7) is 9.06. The molecule has 0 saturated carbocycles. The molecule has 2 N–H and O–H groups in total. The highest BCUT2D eigenvalue weighted by Crippen LogP contribution is 2.24. The SMILES string of the molecule is CC#CCn1c(N2CCCC(NC(=O)OC(C)(C)C)C2)nc2c1c(=O)n(CC1=NCc3ccccc3N1)c(=O)n2C. The maximum absolute atomic E-state index is 13.9. The number of imidazole rings is 1. The van der Waals surface area contributed by atoms with E-state index in [1.54, 1.807) is 18.5 Å². The van der Waals surface area contributed by atoms with Crippen LogP contribution in [-0.4, -0.2) is 55.3 Å². The molecule has 1 amide bonds. The van der Waals surface area contributed by atoms with Crippen molar-refractivity contribution in [1.29, 1.82) is 0 Å². The Morgan fingerprint density at radius 2 is 2.00 bits per heavy atom. The molecule has 2 aliphatic heterocycles. The Morgan fingerprint density at radius 3 is 2.76 bits per heavy atom. The van der Waals surface area contributed by atoms with Crippen LogP contribution in [-0.2, 0) is 31.4 Å². The van der Waals surface area contributed by atoms with Crippen LogP contribution in [0.15, 0.2) is 38.8 Å². The van der Waals surface area contributed by atoms with Gasteiger partial charge in [-0.2, -0.15) is 4.98 Å². The monoisotopic (exact) mass is 560 g/mol. The number of alkyl carbamates (subject to hydrolysis) is 1. The highest BCUT2D eigenvalue weighted by atomic mass is 16.6. The number of benzene rings is 1. The van der Waals surface area contributed by atoms with Gasteiger partial charge in [0.25, 0.3) is 5.56 Å². The van der Waals surface area contributed by atoms with Gasteiger partial charge in [-0.1, -0.05) is 24.1 Å². The zero-order valence-electron chi connectivity index (χ0n) is 24.2. The van der Waals surface area contributed by atoms with Crippen LogP contribution in [0, 0.1) is 11.8 Å². The van der Waals surface area contributed by atoms with Crippen LogP contribution in [0.3, 0.4) is 0 Å². The number of aryl methyl sites for hydroxylation is 1. The van der Waals surface area contributed by atoms with Crippen molar-refractivity contribution in [2.24, 2.45) is 12.0 Å². The van der Waals surface area contributed by atoms with Crippen molar-refractivity contribution >= 4 is 34.7 Å². The van der Waals surface area contributed by atoms with E-state index in [0.717, 1.165) is 24.1 Å². The number of aromatic nitrogens is 4. The number of nitrogens with zero attached hydrogens (tertiary/aromatic N) is 6. The van der Waals surface area contributed by atoms with E-state index in [-0.39, 0.29) is 24.8 Å². The third kappa shape index (κ3) is 5.84. The summed E-state index contributed by atoms with van der Waals surface area (Å²) in [5, 5.41) is 6.21. The van der Waals surface area contributed by atoms with Crippen LogP contribution < -0.4 is 26.8 Å². The van der Waals surface area contributed by atoms with Gasteiger partial charge in [0.1, 0.15) is 11.4 Å². The number of ether oxygens (including phenoxy) is 1. The molecule has 2 aliphatic rings. The Bertz CT molecular complexity index is 1700. The fourth-order valence-electron chi connectivity index (χ4n) is 5.19. The van der Waals surface area contributed by atoms with E-state index in [2.05, 4.69) is 27.5 Å². The van der Waals surface area contributed by atoms with Crippen molar-refractivity contribution in [1.82, 2.24) is 24.0 Å². The van der Waals surface area contributed by atoms with E-state index < -0.39 is 22.9 Å². The molecule has 12 heteroatoms. The zero-order chi connectivity index (χ0) is 29.3. The van der Waals surface area contributed by atoms with Gasteiger partial charge >= 0.3 is 11.8 Å². The molecule has 41 heavy (non-hydrogen) atoms. The molecule has 4 heterocycles. The summed E-state index contributed by atoms with van der Waals surface area (Å²) in [6.07, 6.45) is 1.12. The summed E-state index contributed by atoms with van der Waals surface area (Å²) in [5.41, 5.74) is 1.01. The van der Waals surface area contributed by atoms with Crippen molar-refractivity contribution < 1.29 is 9.53 Å². The molecular formula is C29H36N8O4. The number of anilines is 2. The minimum atomic E-state index is -0.599. The second kappa shape index (κ2) is 11.2. The van der Waals surface area contributed by atoms with Gasteiger partial charge in [-0.05, 0) is 52.2 Å². The van der Waals surface area contributed by atoms with E-state index >= 15 is 0 Å². The number of amidine groups is 1. The van der Waals surface area contributed by atoms with E-state index in [9.17, 15) is 14.4 Å². The van der Waals surface area contributed by atoms with E-state index in [1.165, 1.54) is 9.13 Å². The molecule has 5 rings (SSSR count). The van der Waals surface area contributed by atoms with Gasteiger partial charge in [0.15, 0.2) is 11.2 Å². The number of aliphatic imine (C=N–C) groups is 1. The quantitative estimate of drug-likeness (QED) is 0.459. The third-order valence-electron chi connectivity index (χ3n) is 7.10. The Labute approximate surface area is 238 Å².